The third kappa shape index (κ3) is 7.28. The number of aromatic nitrogens is 2. The van der Waals surface area contributed by atoms with E-state index in [0.717, 1.165) is 42.6 Å². The minimum absolute atomic E-state index is 0.0479. The van der Waals surface area contributed by atoms with Crippen LogP contribution in [0.15, 0.2) is 46.6 Å². The molecule has 7 nitrogen and oxygen atoms in total. The number of ether oxygens (including phenoxy) is 1. The molecule has 8 heteroatoms. The predicted octanol–water partition coefficient (Wildman–Crippen LogP) is 5.08. The van der Waals surface area contributed by atoms with E-state index in [1.807, 2.05) is 13.0 Å². The molecule has 0 bridgehead atoms. The average molecular weight is 429 g/mol. The molecule has 1 heterocycles. The van der Waals surface area contributed by atoms with Crippen molar-refractivity contribution < 1.29 is 9.13 Å². The largest absolute Gasteiger partial charge is 0.476 e. The van der Waals surface area contributed by atoms with Gasteiger partial charge in [-0.05, 0) is 58.6 Å². The van der Waals surface area contributed by atoms with Crippen LogP contribution >= 0.6 is 0 Å². The van der Waals surface area contributed by atoms with Crippen molar-refractivity contribution in [3.05, 3.63) is 47.3 Å². The molecule has 1 aliphatic rings. The monoisotopic (exact) mass is 428 g/mol. The number of halogens is 1. The molecule has 0 radical (unpaired) electrons. The maximum atomic E-state index is 12.6. The first-order chi connectivity index (χ1) is 14.9. The highest BCUT2D eigenvalue weighted by molar-refractivity contribution is 5.84. The van der Waals surface area contributed by atoms with Gasteiger partial charge in [-0.2, -0.15) is 10.4 Å². The van der Waals surface area contributed by atoms with Gasteiger partial charge in [-0.15, -0.1) is 0 Å². The van der Waals surface area contributed by atoms with Crippen LogP contribution in [0.4, 0.5) is 10.2 Å². The molecule has 0 spiro atoms. The van der Waals surface area contributed by atoms with Crippen LogP contribution < -0.4 is 10.6 Å². The highest BCUT2D eigenvalue weighted by atomic mass is 19.1. The molecule has 31 heavy (non-hydrogen) atoms. The molecule has 0 aliphatic heterocycles. The minimum atomic E-state index is -0.467. The molecular formula is C23H33FN6O. The summed E-state index contributed by atoms with van der Waals surface area (Å²) in [5.41, 5.74) is 3.34. The molecule has 1 aromatic heterocycles. The summed E-state index contributed by atoms with van der Waals surface area (Å²) in [6.45, 7) is 11.0. The Morgan fingerprint density at radius 2 is 2.32 bits per heavy atom. The van der Waals surface area contributed by atoms with Crippen LogP contribution in [-0.4, -0.2) is 35.2 Å². The van der Waals surface area contributed by atoms with E-state index < -0.39 is 6.67 Å². The van der Waals surface area contributed by atoms with E-state index in [1.54, 1.807) is 26.1 Å². The van der Waals surface area contributed by atoms with Gasteiger partial charge in [0.25, 0.3) is 0 Å². The van der Waals surface area contributed by atoms with E-state index in [0.29, 0.717) is 23.3 Å². The topological polar surface area (TPSA) is 98.1 Å². The molecule has 1 aromatic rings. The number of nitrogens with zero attached hydrogens (tertiary/aromatic N) is 3. The lowest BCUT2D eigenvalue weighted by Crippen LogP contribution is -2.29. The van der Waals surface area contributed by atoms with E-state index in [9.17, 15) is 4.39 Å². The summed E-state index contributed by atoms with van der Waals surface area (Å²) < 4.78 is 18.5. The maximum Gasteiger partial charge on any atom is 0.179 e. The molecule has 3 atom stereocenters. The number of aromatic amines is 1. The van der Waals surface area contributed by atoms with Gasteiger partial charge in [-0.25, -0.2) is 9.38 Å². The van der Waals surface area contributed by atoms with Crippen molar-refractivity contribution in [1.29, 1.82) is 5.26 Å². The predicted molar refractivity (Wildman–Crippen MR) is 122 cm³/mol. The fourth-order valence-electron chi connectivity index (χ4n) is 3.37. The van der Waals surface area contributed by atoms with Crippen LogP contribution in [0, 0.1) is 11.3 Å². The van der Waals surface area contributed by atoms with Gasteiger partial charge in [-0.1, -0.05) is 13.0 Å². The lowest BCUT2D eigenvalue weighted by molar-refractivity contribution is 0.101. The second-order valence-electron chi connectivity index (χ2n) is 7.80. The number of rotatable bonds is 11. The quantitative estimate of drug-likeness (QED) is 0.259. The van der Waals surface area contributed by atoms with Crippen LogP contribution in [0.1, 0.15) is 65.0 Å². The fourth-order valence-corrected chi connectivity index (χ4v) is 3.37. The summed E-state index contributed by atoms with van der Waals surface area (Å²) in [6.07, 6.45) is 6.96. The molecule has 1 aliphatic carbocycles. The molecule has 3 N–H and O–H groups in total. The molecule has 1 saturated carbocycles. The molecule has 0 aromatic carbocycles. The first kappa shape index (κ1) is 24.2. The highest BCUT2D eigenvalue weighted by Crippen LogP contribution is 2.36. The van der Waals surface area contributed by atoms with Gasteiger partial charge in [-0.3, -0.25) is 5.10 Å². The normalized spacial score (nSPS) is 20.8. The van der Waals surface area contributed by atoms with Crippen molar-refractivity contribution in [2.24, 2.45) is 4.99 Å². The third-order valence-corrected chi connectivity index (χ3v) is 5.34. The van der Waals surface area contributed by atoms with Gasteiger partial charge in [0.2, 0.25) is 0 Å². The third-order valence-electron chi connectivity index (χ3n) is 5.34. The van der Waals surface area contributed by atoms with Crippen LogP contribution in [0.5, 0.6) is 0 Å². The van der Waals surface area contributed by atoms with Crippen molar-refractivity contribution in [3.8, 4) is 6.07 Å². The number of hydrogen-bond donors (Lipinski definition) is 3. The van der Waals surface area contributed by atoms with Crippen molar-refractivity contribution in [3.63, 3.8) is 0 Å². The second-order valence-corrected chi connectivity index (χ2v) is 7.80. The Balaban J connectivity index is 1.99. The summed E-state index contributed by atoms with van der Waals surface area (Å²) in [5, 5.41) is 22.8. The van der Waals surface area contributed by atoms with Gasteiger partial charge in [0.15, 0.2) is 11.7 Å². The van der Waals surface area contributed by atoms with E-state index >= 15 is 0 Å². The van der Waals surface area contributed by atoms with Crippen LogP contribution in [0.2, 0.25) is 0 Å². The van der Waals surface area contributed by atoms with Gasteiger partial charge >= 0.3 is 0 Å². The summed E-state index contributed by atoms with van der Waals surface area (Å²) in [4.78, 5) is 4.24. The van der Waals surface area contributed by atoms with E-state index in [2.05, 4.69) is 45.4 Å². The van der Waals surface area contributed by atoms with Crippen molar-refractivity contribution in [2.75, 3.05) is 12.0 Å². The van der Waals surface area contributed by atoms with Crippen molar-refractivity contribution in [1.82, 2.24) is 15.5 Å². The number of anilines is 1. The Morgan fingerprint density at radius 1 is 1.55 bits per heavy atom. The number of aliphatic imine (C=N–C) groups is 1. The van der Waals surface area contributed by atoms with Gasteiger partial charge in [0, 0.05) is 17.7 Å². The summed E-state index contributed by atoms with van der Waals surface area (Å²) in [5.74, 6) is 1.43. The Bertz CT molecular complexity index is 879. The van der Waals surface area contributed by atoms with Gasteiger partial charge in [0.05, 0.1) is 18.0 Å². The van der Waals surface area contributed by atoms with Crippen LogP contribution in [0.25, 0.3) is 0 Å². The van der Waals surface area contributed by atoms with E-state index in [1.165, 1.54) is 0 Å². The number of alkyl halides is 1. The summed E-state index contributed by atoms with van der Waals surface area (Å²) in [6, 6.07) is 3.75. The Kier molecular flexibility index (Phi) is 9.32. The molecular weight excluding hydrogens is 395 g/mol. The van der Waals surface area contributed by atoms with E-state index in [4.69, 9.17) is 10.00 Å². The highest BCUT2D eigenvalue weighted by Gasteiger charge is 2.29. The number of hydrogen-bond acceptors (Lipinski definition) is 6. The molecule has 1 fully saturated rings. The zero-order chi connectivity index (χ0) is 22.8. The SMILES string of the molecule is C=C(NC(C)CF)OC1CCC(c2cc(NC(/C=N\C(C#N)=C/C)=C(\C)CC)n[nH]2)C1. The standard InChI is InChI=1S/C23H33FN6O/c1-6-15(3)22(14-26-19(7-2)13-25)28-23-11-21(29-30-23)18-8-9-20(10-18)31-17(5)27-16(4)12-24/h7,11,14,16,18,20,27H,5-6,8-10,12H2,1-4H3,(H2,28,29,30)/b19-7-,22-15+,26-14-. The zero-order valence-electron chi connectivity index (χ0n) is 18.8. The number of allylic oxidation sites excluding steroid dienone is 4. The Morgan fingerprint density at radius 3 is 2.97 bits per heavy atom. The van der Waals surface area contributed by atoms with Crippen molar-refractivity contribution >= 4 is 12.0 Å². The lowest BCUT2D eigenvalue weighted by Gasteiger charge is -2.19. The van der Waals surface area contributed by atoms with Crippen LogP contribution in [0.3, 0.4) is 0 Å². The Hall–Kier alpha value is -3.08. The molecule has 2 rings (SSSR count). The second kappa shape index (κ2) is 11.9. The Labute approximate surface area is 184 Å². The minimum Gasteiger partial charge on any atom is -0.476 e. The molecule has 0 saturated heterocycles. The van der Waals surface area contributed by atoms with Gasteiger partial charge in [0.1, 0.15) is 24.5 Å². The molecule has 0 amide bonds. The van der Waals surface area contributed by atoms with E-state index in [-0.39, 0.29) is 12.1 Å². The van der Waals surface area contributed by atoms with Gasteiger partial charge < -0.3 is 15.4 Å². The first-order valence-electron chi connectivity index (χ1n) is 10.7. The lowest BCUT2D eigenvalue weighted by atomic mass is 10.0. The van der Waals surface area contributed by atoms with Crippen LogP contribution in [-0.2, 0) is 4.74 Å². The first-order valence-corrected chi connectivity index (χ1v) is 10.7. The summed E-state index contributed by atoms with van der Waals surface area (Å²) >= 11 is 0. The van der Waals surface area contributed by atoms with Crippen molar-refractivity contribution in [2.45, 2.75) is 71.4 Å². The smallest absolute Gasteiger partial charge is 0.179 e. The number of H-pyrrole nitrogens is 1. The molecule has 168 valence electrons. The maximum absolute atomic E-state index is 12.6. The fraction of sp³-hybridized carbons (Fsp3) is 0.522. The summed E-state index contributed by atoms with van der Waals surface area (Å²) in [7, 11) is 0. The number of nitriles is 1. The average Bonchev–Trinajstić information content (AvgIpc) is 3.42. The number of nitrogens with one attached hydrogen (secondary N) is 3. The molecule has 3 unspecified atom stereocenters. The zero-order valence-corrected chi connectivity index (χ0v) is 18.8.